The van der Waals surface area contributed by atoms with E-state index >= 15 is 0 Å². The molecule has 6 nitrogen and oxygen atoms in total. The highest BCUT2D eigenvalue weighted by molar-refractivity contribution is 5.71. The summed E-state index contributed by atoms with van der Waals surface area (Å²) in [4.78, 5) is 37.9. The molecule has 0 aliphatic heterocycles. The van der Waals surface area contributed by atoms with E-state index in [-0.39, 0.29) is 31.1 Å². The Balaban J connectivity index is 4.19. The molecular formula is C60H102O6. The van der Waals surface area contributed by atoms with Gasteiger partial charge in [-0.25, -0.2) is 0 Å². The summed E-state index contributed by atoms with van der Waals surface area (Å²) >= 11 is 0. The third kappa shape index (κ3) is 51.6. The summed E-state index contributed by atoms with van der Waals surface area (Å²) in [7, 11) is 0. The highest BCUT2D eigenvalue weighted by Crippen LogP contribution is 2.14. The van der Waals surface area contributed by atoms with Gasteiger partial charge in [0.15, 0.2) is 6.10 Å². The lowest BCUT2D eigenvalue weighted by Gasteiger charge is -2.18. The molecular weight excluding hydrogens is 817 g/mol. The van der Waals surface area contributed by atoms with Gasteiger partial charge in [0.2, 0.25) is 0 Å². The maximum atomic E-state index is 12.8. The Morgan fingerprint density at radius 1 is 0.318 bits per heavy atom. The molecule has 66 heavy (non-hydrogen) atoms. The normalized spacial score (nSPS) is 12.7. The van der Waals surface area contributed by atoms with Gasteiger partial charge < -0.3 is 14.2 Å². The van der Waals surface area contributed by atoms with E-state index in [4.69, 9.17) is 14.2 Å². The predicted molar refractivity (Wildman–Crippen MR) is 284 cm³/mol. The quantitative estimate of drug-likeness (QED) is 0.0262. The first-order valence-electron chi connectivity index (χ1n) is 27.6. The molecule has 0 heterocycles. The third-order valence-electron chi connectivity index (χ3n) is 11.6. The molecule has 0 rings (SSSR count). The maximum Gasteiger partial charge on any atom is 0.306 e. The number of hydrogen-bond donors (Lipinski definition) is 0. The van der Waals surface area contributed by atoms with Gasteiger partial charge >= 0.3 is 17.9 Å². The number of ether oxygens (including phenoxy) is 3. The van der Waals surface area contributed by atoms with Crippen LogP contribution in [0.25, 0.3) is 0 Å². The van der Waals surface area contributed by atoms with Crippen LogP contribution in [0.15, 0.2) is 85.1 Å². The molecule has 0 saturated heterocycles. The molecule has 0 aliphatic carbocycles. The number of esters is 3. The summed E-state index contributed by atoms with van der Waals surface area (Å²) in [5.74, 6) is -0.904. The van der Waals surface area contributed by atoms with Crippen LogP contribution in [0.3, 0.4) is 0 Å². The Labute approximate surface area is 407 Å². The first-order chi connectivity index (χ1) is 32.5. The first-order valence-corrected chi connectivity index (χ1v) is 27.6. The van der Waals surface area contributed by atoms with Crippen LogP contribution in [0.5, 0.6) is 0 Å². The molecule has 378 valence electrons. The van der Waals surface area contributed by atoms with Crippen molar-refractivity contribution in [3.8, 4) is 0 Å². The second-order valence-electron chi connectivity index (χ2n) is 18.1. The smallest absolute Gasteiger partial charge is 0.306 e. The summed E-state index contributed by atoms with van der Waals surface area (Å²) < 4.78 is 16.7. The highest BCUT2D eigenvalue weighted by atomic mass is 16.6. The fourth-order valence-electron chi connectivity index (χ4n) is 7.50. The van der Waals surface area contributed by atoms with Crippen molar-refractivity contribution in [2.75, 3.05) is 13.2 Å². The van der Waals surface area contributed by atoms with E-state index < -0.39 is 6.10 Å². The second kappa shape index (κ2) is 54.2. The molecule has 1 atom stereocenters. The maximum absolute atomic E-state index is 12.8. The minimum atomic E-state index is -0.780. The van der Waals surface area contributed by atoms with Gasteiger partial charge in [0.05, 0.1) is 0 Å². The molecule has 0 bridgehead atoms. The standard InChI is InChI=1S/C60H102O6/c1-4-7-10-13-16-18-20-22-24-25-26-27-28-29-30-31-32-33-34-35-36-38-39-41-44-47-50-53-59(62)65-56-57(55-64-58(61)52-49-46-43-15-12-9-6-3)66-60(63)54-51-48-45-42-40-37-23-21-19-17-14-11-8-5-2/h7,10,16,18,21-24,26-27,29-30,32-33,57H,4-6,8-9,11-15,17,19-20,25,28,31,34-56H2,1-3H3/b10-7-,18-16-,23-21-,24-22-,27-26-,30-29-,33-32-. The van der Waals surface area contributed by atoms with Crippen LogP contribution in [0.2, 0.25) is 0 Å². The molecule has 0 aliphatic rings. The number of carbonyl (C=O) groups excluding carboxylic acids is 3. The molecule has 0 aromatic rings. The molecule has 6 heteroatoms. The van der Waals surface area contributed by atoms with Crippen molar-refractivity contribution < 1.29 is 28.6 Å². The number of rotatable bonds is 49. The molecule has 1 unspecified atom stereocenters. The number of unbranched alkanes of at least 4 members (excludes halogenated alkanes) is 24. The topological polar surface area (TPSA) is 78.9 Å². The monoisotopic (exact) mass is 919 g/mol. The van der Waals surface area contributed by atoms with E-state index in [1.807, 2.05) is 0 Å². The zero-order chi connectivity index (χ0) is 47.9. The van der Waals surface area contributed by atoms with E-state index in [0.717, 1.165) is 116 Å². The largest absolute Gasteiger partial charge is 0.462 e. The SMILES string of the molecule is CC/C=C\C/C=C\C/C=C\C/C=C\C/C=C\C/C=C\CCCCCCCCCCC(=O)OCC(COC(=O)CCCCCCCCC)OC(=O)CCCCCCC/C=C\CCCCCCC. The Morgan fingerprint density at radius 3 is 0.939 bits per heavy atom. The van der Waals surface area contributed by atoms with Crippen LogP contribution < -0.4 is 0 Å². The fourth-order valence-corrected chi connectivity index (χ4v) is 7.50. The van der Waals surface area contributed by atoms with Crippen LogP contribution in [0.4, 0.5) is 0 Å². The van der Waals surface area contributed by atoms with Crippen LogP contribution >= 0.6 is 0 Å². The van der Waals surface area contributed by atoms with Crippen LogP contribution in [0.1, 0.15) is 258 Å². The Morgan fingerprint density at radius 2 is 0.591 bits per heavy atom. The summed E-state index contributed by atoms with van der Waals surface area (Å²) in [6.45, 7) is 6.46. The Hall–Kier alpha value is -3.41. The number of allylic oxidation sites excluding steroid dienone is 14. The zero-order valence-corrected chi connectivity index (χ0v) is 43.2. The molecule has 0 fully saturated rings. The summed E-state index contributed by atoms with van der Waals surface area (Å²) in [6, 6.07) is 0. The third-order valence-corrected chi connectivity index (χ3v) is 11.6. The highest BCUT2D eigenvalue weighted by Gasteiger charge is 2.19. The van der Waals surface area contributed by atoms with Gasteiger partial charge in [0, 0.05) is 19.3 Å². The fraction of sp³-hybridized carbons (Fsp3) is 0.717. The summed E-state index contributed by atoms with van der Waals surface area (Å²) in [6.07, 6.45) is 70.2. The zero-order valence-electron chi connectivity index (χ0n) is 43.2. The molecule has 0 spiro atoms. The molecule has 0 amide bonds. The predicted octanol–water partition coefficient (Wildman–Crippen LogP) is 18.4. The Kier molecular flexibility index (Phi) is 51.4. The van der Waals surface area contributed by atoms with Gasteiger partial charge in [0.25, 0.3) is 0 Å². The van der Waals surface area contributed by atoms with E-state index in [1.165, 1.54) is 103 Å². The molecule has 0 radical (unpaired) electrons. The number of hydrogen-bond acceptors (Lipinski definition) is 6. The summed E-state index contributed by atoms with van der Waals surface area (Å²) in [5, 5.41) is 0. The van der Waals surface area contributed by atoms with Crippen molar-refractivity contribution in [3.63, 3.8) is 0 Å². The molecule has 0 N–H and O–H groups in total. The average Bonchev–Trinajstić information content (AvgIpc) is 3.31. The van der Waals surface area contributed by atoms with Crippen molar-refractivity contribution >= 4 is 17.9 Å². The minimum absolute atomic E-state index is 0.0813. The van der Waals surface area contributed by atoms with Crippen LogP contribution in [-0.2, 0) is 28.6 Å². The van der Waals surface area contributed by atoms with Crippen LogP contribution in [-0.4, -0.2) is 37.2 Å². The minimum Gasteiger partial charge on any atom is -0.462 e. The van der Waals surface area contributed by atoms with Crippen molar-refractivity contribution in [3.05, 3.63) is 85.1 Å². The Bertz CT molecular complexity index is 1290. The van der Waals surface area contributed by atoms with Crippen molar-refractivity contribution in [1.29, 1.82) is 0 Å². The lowest BCUT2D eigenvalue weighted by molar-refractivity contribution is -0.167. The van der Waals surface area contributed by atoms with Gasteiger partial charge in [-0.3, -0.25) is 14.4 Å². The van der Waals surface area contributed by atoms with Gasteiger partial charge in [-0.1, -0.05) is 228 Å². The van der Waals surface area contributed by atoms with Crippen molar-refractivity contribution in [2.45, 2.75) is 264 Å². The van der Waals surface area contributed by atoms with Crippen molar-refractivity contribution in [2.24, 2.45) is 0 Å². The average molecular weight is 919 g/mol. The van der Waals surface area contributed by atoms with E-state index in [2.05, 4.69) is 106 Å². The lowest BCUT2D eigenvalue weighted by atomic mass is 10.1. The van der Waals surface area contributed by atoms with E-state index in [1.54, 1.807) is 0 Å². The second-order valence-corrected chi connectivity index (χ2v) is 18.1. The number of carbonyl (C=O) groups is 3. The van der Waals surface area contributed by atoms with Gasteiger partial charge in [-0.05, 0) is 96.3 Å². The first kappa shape index (κ1) is 62.6. The molecule has 0 aromatic heterocycles. The summed E-state index contributed by atoms with van der Waals surface area (Å²) in [5.41, 5.74) is 0. The van der Waals surface area contributed by atoms with E-state index in [9.17, 15) is 14.4 Å². The van der Waals surface area contributed by atoms with Gasteiger partial charge in [-0.2, -0.15) is 0 Å². The van der Waals surface area contributed by atoms with Gasteiger partial charge in [-0.15, -0.1) is 0 Å². The van der Waals surface area contributed by atoms with Gasteiger partial charge in [0.1, 0.15) is 13.2 Å². The lowest BCUT2D eigenvalue weighted by Crippen LogP contribution is -2.30. The van der Waals surface area contributed by atoms with Crippen molar-refractivity contribution in [1.82, 2.24) is 0 Å². The molecule has 0 aromatic carbocycles. The molecule has 0 saturated carbocycles. The van der Waals surface area contributed by atoms with Crippen LogP contribution in [0, 0.1) is 0 Å². The van der Waals surface area contributed by atoms with E-state index in [0.29, 0.717) is 19.3 Å².